The van der Waals surface area contributed by atoms with Crippen LogP contribution in [0.3, 0.4) is 0 Å². The van der Waals surface area contributed by atoms with Gasteiger partial charge in [-0.2, -0.15) is 0 Å². The van der Waals surface area contributed by atoms with Crippen LogP contribution in [0.15, 0.2) is 59.0 Å². The maximum Gasteiger partial charge on any atom is 0.127 e. The highest BCUT2D eigenvalue weighted by Crippen LogP contribution is 2.13. The number of allylic oxidation sites excluding steroid dienone is 1. The van der Waals surface area contributed by atoms with Crippen LogP contribution in [0, 0.1) is 17.3 Å². The van der Waals surface area contributed by atoms with Crippen LogP contribution >= 0.6 is 0 Å². The molecular formula is C23H27NO. The van der Waals surface area contributed by atoms with E-state index in [1.807, 2.05) is 42.5 Å². The number of likely N-dealkylation sites (N-methyl/N-ethyl adjacent to an activating group) is 1. The summed E-state index contributed by atoms with van der Waals surface area (Å²) in [5.41, 5.74) is 1.22. The maximum absolute atomic E-state index is 5.87. The molecule has 0 aliphatic heterocycles. The third-order valence-corrected chi connectivity index (χ3v) is 3.41. The summed E-state index contributed by atoms with van der Waals surface area (Å²) in [7, 11) is 2.07. The molecule has 0 saturated carbocycles. The van der Waals surface area contributed by atoms with E-state index in [-0.39, 0.29) is 5.41 Å². The van der Waals surface area contributed by atoms with Crippen LogP contribution in [0.4, 0.5) is 0 Å². The molecular weight excluding hydrogens is 306 g/mol. The van der Waals surface area contributed by atoms with E-state index in [4.69, 9.17) is 4.42 Å². The summed E-state index contributed by atoms with van der Waals surface area (Å²) >= 11 is 0. The number of rotatable bonds is 6. The molecule has 0 N–H and O–H groups in total. The molecule has 25 heavy (non-hydrogen) atoms. The average Bonchev–Trinajstić information content (AvgIpc) is 3.00. The van der Waals surface area contributed by atoms with Crippen molar-refractivity contribution >= 4 is 12.2 Å². The number of nitrogens with zero attached hydrogens (tertiary/aromatic N) is 1. The monoisotopic (exact) mass is 333 g/mol. The highest BCUT2D eigenvalue weighted by atomic mass is 16.3. The van der Waals surface area contributed by atoms with Crippen molar-refractivity contribution in [2.24, 2.45) is 5.41 Å². The van der Waals surface area contributed by atoms with E-state index in [2.05, 4.69) is 68.8 Å². The summed E-state index contributed by atoms with van der Waals surface area (Å²) in [6.45, 7) is 7.95. The highest BCUT2D eigenvalue weighted by molar-refractivity contribution is 5.67. The molecule has 2 nitrogen and oxygen atoms in total. The Hall–Kier alpha value is -2.50. The lowest BCUT2D eigenvalue weighted by Crippen LogP contribution is -2.17. The second-order valence-corrected chi connectivity index (χ2v) is 7.17. The molecule has 0 unspecified atom stereocenters. The predicted molar refractivity (Wildman–Crippen MR) is 107 cm³/mol. The largest absolute Gasteiger partial charge is 0.460 e. The van der Waals surface area contributed by atoms with Crippen molar-refractivity contribution in [2.75, 3.05) is 13.6 Å². The predicted octanol–water partition coefficient (Wildman–Crippen LogP) is 5.49. The van der Waals surface area contributed by atoms with E-state index in [0.29, 0.717) is 0 Å². The van der Waals surface area contributed by atoms with Gasteiger partial charge in [-0.1, -0.05) is 54.3 Å². The van der Waals surface area contributed by atoms with Crippen molar-refractivity contribution in [3.63, 3.8) is 0 Å². The van der Waals surface area contributed by atoms with Crippen LogP contribution < -0.4 is 0 Å². The van der Waals surface area contributed by atoms with Gasteiger partial charge in [0.15, 0.2) is 0 Å². The molecule has 130 valence electrons. The lowest BCUT2D eigenvalue weighted by atomic mass is 9.98. The first kappa shape index (κ1) is 18.8. The minimum atomic E-state index is 0.0497. The average molecular weight is 333 g/mol. The van der Waals surface area contributed by atoms with Gasteiger partial charge in [-0.05, 0) is 57.7 Å². The Morgan fingerprint density at radius 3 is 2.52 bits per heavy atom. The van der Waals surface area contributed by atoms with Crippen molar-refractivity contribution in [3.8, 4) is 11.8 Å². The zero-order valence-electron chi connectivity index (χ0n) is 15.6. The summed E-state index contributed by atoms with van der Waals surface area (Å²) in [5.74, 6) is 8.12. The summed E-state index contributed by atoms with van der Waals surface area (Å²) in [6.07, 6.45) is 8.07. The molecule has 0 saturated heterocycles. The van der Waals surface area contributed by atoms with E-state index in [0.717, 1.165) is 24.6 Å². The van der Waals surface area contributed by atoms with Gasteiger partial charge in [-0.3, -0.25) is 4.90 Å². The second-order valence-electron chi connectivity index (χ2n) is 7.17. The van der Waals surface area contributed by atoms with Gasteiger partial charge in [0, 0.05) is 12.0 Å². The highest BCUT2D eigenvalue weighted by Gasteiger charge is 2.04. The van der Waals surface area contributed by atoms with Gasteiger partial charge < -0.3 is 4.42 Å². The minimum Gasteiger partial charge on any atom is -0.460 e. The molecule has 2 rings (SSSR count). The van der Waals surface area contributed by atoms with Crippen molar-refractivity contribution in [2.45, 2.75) is 27.3 Å². The number of benzene rings is 1. The fourth-order valence-electron chi connectivity index (χ4n) is 2.19. The smallest absolute Gasteiger partial charge is 0.127 e. The van der Waals surface area contributed by atoms with Crippen LogP contribution in [0.1, 0.15) is 37.9 Å². The lowest BCUT2D eigenvalue weighted by Gasteiger charge is -2.11. The Labute approximate surface area is 151 Å². The van der Waals surface area contributed by atoms with Crippen molar-refractivity contribution in [1.29, 1.82) is 0 Å². The Morgan fingerprint density at radius 1 is 1.04 bits per heavy atom. The number of hydrogen-bond acceptors (Lipinski definition) is 2. The topological polar surface area (TPSA) is 16.4 Å². The van der Waals surface area contributed by atoms with Crippen LogP contribution in [0.25, 0.3) is 12.2 Å². The molecule has 1 aromatic heterocycles. The van der Waals surface area contributed by atoms with E-state index in [1.165, 1.54) is 5.56 Å². The molecule has 1 aromatic carbocycles. The molecule has 0 aliphatic carbocycles. The zero-order chi connectivity index (χ0) is 18.1. The van der Waals surface area contributed by atoms with Crippen molar-refractivity contribution in [1.82, 2.24) is 4.90 Å². The molecule has 0 fully saturated rings. The van der Waals surface area contributed by atoms with E-state index in [9.17, 15) is 0 Å². The van der Waals surface area contributed by atoms with E-state index >= 15 is 0 Å². The van der Waals surface area contributed by atoms with Gasteiger partial charge >= 0.3 is 0 Å². The molecule has 2 heteroatoms. The molecule has 0 bridgehead atoms. The molecule has 2 aromatic rings. The molecule has 0 aliphatic rings. The Balaban J connectivity index is 1.83. The van der Waals surface area contributed by atoms with Crippen LogP contribution in [-0.4, -0.2) is 18.5 Å². The Kier molecular flexibility index (Phi) is 6.86. The molecule has 0 atom stereocenters. The number of hydrogen-bond donors (Lipinski definition) is 0. The summed E-state index contributed by atoms with van der Waals surface area (Å²) in [5, 5.41) is 0. The maximum atomic E-state index is 5.87. The van der Waals surface area contributed by atoms with Crippen LogP contribution in [0.2, 0.25) is 0 Å². The van der Waals surface area contributed by atoms with Gasteiger partial charge in [0.2, 0.25) is 0 Å². The second kappa shape index (κ2) is 9.11. The first-order valence-electron chi connectivity index (χ1n) is 8.60. The van der Waals surface area contributed by atoms with E-state index < -0.39 is 0 Å². The third-order valence-electron chi connectivity index (χ3n) is 3.41. The fraction of sp³-hybridized carbons (Fsp3) is 0.304. The summed E-state index contributed by atoms with van der Waals surface area (Å²) in [4.78, 5) is 2.19. The summed E-state index contributed by atoms with van der Waals surface area (Å²) in [6, 6.07) is 14.3. The molecule has 0 radical (unpaired) electrons. The molecule has 0 spiro atoms. The van der Waals surface area contributed by atoms with Gasteiger partial charge in [0.25, 0.3) is 0 Å². The van der Waals surface area contributed by atoms with Crippen molar-refractivity contribution in [3.05, 3.63) is 71.7 Å². The van der Waals surface area contributed by atoms with Crippen LogP contribution in [0.5, 0.6) is 0 Å². The summed E-state index contributed by atoms with van der Waals surface area (Å²) < 4.78 is 5.87. The first-order valence-corrected chi connectivity index (χ1v) is 8.60. The standard InChI is InChI=1S/C23H27NO/c1-23(2,3)17-9-6-10-18-24(4)19-22-16-15-21(25-22)14-13-20-11-7-5-8-12-20/h5-8,10-16H,18-19H2,1-4H3/b10-6+,14-13?. The van der Waals surface area contributed by atoms with Crippen LogP contribution in [-0.2, 0) is 6.54 Å². The molecule has 0 amide bonds. The Bertz CT molecular complexity index is 764. The normalized spacial score (nSPS) is 12.0. The van der Waals surface area contributed by atoms with Gasteiger partial charge in [-0.15, -0.1) is 0 Å². The van der Waals surface area contributed by atoms with Crippen molar-refractivity contribution < 1.29 is 4.42 Å². The van der Waals surface area contributed by atoms with Gasteiger partial charge in [0.1, 0.15) is 11.5 Å². The first-order chi connectivity index (χ1) is 11.9. The quantitative estimate of drug-likeness (QED) is 0.650. The molecule has 1 heterocycles. The van der Waals surface area contributed by atoms with E-state index in [1.54, 1.807) is 0 Å². The number of furan rings is 1. The lowest BCUT2D eigenvalue weighted by molar-refractivity contribution is 0.321. The zero-order valence-corrected chi connectivity index (χ0v) is 15.6. The Morgan fingerprint density at radius 2 is 1.80 bits per heavy atom. The minimum absolute atomic E-state index is 0.0497. The van der Waals surface area contributed by atoms with Gasteiger partial charge in [0.05, 0.1) is 6.54 Å². The van der Waals surface area contributed by atoms with Gasteiger partial charge in [-0.25, -0.2) is 0 Å². The SMILES string of the molecule is CN(C/C=C/C#CC(C)(C)C)Cc1ccc(C=Cc2ccccc2)o1. The third kappa shape index (κ3) is 7.74. The fourth-order valence-corrected chi connectivity index (χ4v) is 2.19.